The fourth-order valence-electron chi connectivity index (χ4n) is 3.69. The van der Waals surface area contributed by atoms with Crippen LogP contribution in [0.3, 0.4) is 0 Å². The number of ether oxygens (including phenoxy) is 1. The van der Waals surface area contributed by atoms with E-state index in [0.717, 1.165) is 4.90 Å². The highest BCUT2D eigenvalue weighted by Gasteiger charge is 2.46. The zero-order valence-electron chi connectivity index (χ0n) is 19.1. The van der Waals surface area contributed by atoms with Crippen LogP contribution in [0, 0.1) is 0 Å². The Morgan fingerprint density at radius 1 is 1.24 bits per heavy atom. The number of likely N-dealkylation sites (tertiary alicyclic amines) is 1. The van der Waals surface area contributed by atoms with Crippen molar-refractivity contribution in [3.05, 3.63) is 45.4 Å². The lowest BCUT2D eigenvalue weighted by molar-refractivity contribution is -0.109. The third-order valence-corrected chi connectivity index (χ3v) is 6.33. The average molecular weight is 563 g/mol. The molecule has 4 rings (SSSR count). The van der Waals surface area contributed by atoms with E-state index in [-0.39, 0.29) is 39.5 Å². The number of halogens is 6. The van der Waals surface area contributed by atoms with Gasteiger partial charge in [-0.05, 0) is 17.7 Å². The predicted octanol–water partition coefficient (Wildman–Crippen LogP) is 4.53. The second kappa shape index (κ2) is 10.1. The van der Waals surface area contributed by atoms with Gasteiger partial charge in [0.2, 0.25) is 5.95 Å². The molecule has 1 aliphatic heterocycles. The van der Waals surface area contributed by atoms with Crippen LogP contribution in [-0.4, -0.2) is 58.4 Å². The molecule has 0 bridgehead atoms. The number of carbonyl (C=O) groups excluding carboxylic acids is 2. The van der Waals surface area contributed by atoms with Gasteiger partial charge in [-0.25, -0.2) is 27.3 Å². The Hall–Kier alpha value is -3.45. The van der Waals surface area contributed by atoms with E-state index in [2.05, 4.69) is 15.6 Å². The van der Waals surface area contributed by atoms with E-state index in [1.54, 1.807) is 17.7 Å². The monoisotopic (exact) mass is 562 g/mol. The lowest BCUT2D eigenvalue weighted by Gasteiger charge is -2.38. The molecule has 1 saturated heterocycles. The molecule has 0 unspecified atom stereocenters. The molecule has 0 atom stereocenters. The number of fused-ring (bicyclic) bond motifs is 1. The molecule has 1 fully saturated rings. The molecule has 15 heteroatoms. The summed E-state index contributed by atoms with van der Waals surface area (Å²) in [4.78, 5) is 29.3. The van der Waals surface area contributed by atoms with Gasteiger partial charge in [-0.3, -0.25) is 4.79 Å². The largest absolute Gasteiger partial charge is 0.487 e. The van der Waals surface area contributed by atoms with Crippen molar-refractivity contribution < 1.29 is 31.9 Å². The summed E-state index contributed by atoms with van der Waals surface area (Å²) in [5.41, 5.74) is 6.68. The van der Waals surface area contributed by atoms with E-state index >= 15 is 0 Å². The van der Waals surface area contributed by atoms with Gasteiger partial charge in [-0.15, -0.1) is 0 Å². The van der Waals surface area contributed by atoms with Gasteiger partial charge in [-0.2, -0.15) is 0 Å². The molecular formula is C22H20Cl2F4N6O3. The van der Waals surface area contributed by atoms with Gasteiger partial charge in [0.25, 0.3) is 18.3 Å². The Balaban J connectivity index is 1.58. The molecule has 3 aromatic rings. The maximum absolute atomic E-state index is 13.0. The lowest BCUT2D eigenvalue weighted by atomic mass is 10.1. The Labute approximate surface area is 217 Å². The van der Waals surface area contributed by atoms with Crippen LogP contribution in [0.15, 0.2) is 24.3 Å². The highest BCUT2D eigenvalue weighted by Crippen LogP contribution is 2.37. The number of hydrogen-bond acceptors (Lipinski definition) is 5. The minimum atomic E-state index is -2.88. The van der Waals surface area contributed by atoms with E-state index in [1.165, 1.54) is 18.2 Å². The number of nitrogens with one attached hydrogen (secondary N) is 2. The number of nitrogens with zero attached hydrogens (tertiary/aromatic N) is 3. The second-order valence-electron chi connectivity index (χ2n) is 8.29. The molecule has 0 aliphatic carbocycles. The van der Waals surface area contributed by atoms with Crippen LogP contribution in [0.5, 0.6) is 5.75 Å². The SMILES string of the molecule is Cn1c(Nc2c(Cl)ccc(CNC(=O)N3CC(F)(F)C3)c2Cl)nc2cc(C(N)=O)c(OCC(F)F)cc21. The average Bonchev–Trinajstić information content (AvgIpc) is 3.11. The van der Waals surface area contributed by atoms with Gasteiger partial charge in [0.05, 0.1) is 45.4 Å². The zero-order valence-corrected chi connectivity index (χ0v) is 20.6. The normalized spacial score (nSPS) is 14.5. The lowest BCUT2D eigenvalue weighted by Crippen LogP contribution is -2.60. The van der Waals surface area contributed by atoms with Crippen molar-refractivity contribution in [2.75, 3.05) is 25.0 Å². The highest BCUT2D eigenvalue weighted by molar-refractivity contribution is 6.39. The number of urea groups is 1. The number of carbonyl (C=O) groups is 2. The first-order chi connectivity index (χ1) is 17.4. The number of hydrogen-bond donors (Lipinski definition) is 3. The molecule has 2 aromatic carbocycles. The fourth-order valence-corrected chi connectivity index (χ4v) is 4.22. The number of rotatable bonds is 8. The summed E-state index contributed by atoms with van der Waals surface area (Å²) in [5, 5.41) is 5.88. The maximum atomic E-state index is 13.0. The van der Waals surface area contributed by atoms with Crippen LogP contribution in [0.2, 0.25) is 10.0 Å². The van der Waals surface area contributed by atoms with Crippen LogP contribution in [0.25, 0.3) is 11.0 Å². The van der Waals surface area contributed by atoms with E-state index in [0.29, 0.717) is 16.6 Å². The van der Waals surface area contributed by atoms with Crippen LogP contribution < -0.4 is 21.1 Å². The fraction of sp³-hybridized carbons (Fsp3) is 0.318. The molecule has 37 heavy (non-hydrogen) atoms. The standard InChI is InChI=1S/C22H20Cl2F4N6O3/c1-33-14-5-15(37-7-16(25)26)11(19(29)35)4-13(14)31-20(33)32-18-12(23)3-2-10(17(18)24)6-30-21(36)34-8-22(27,28)9-34/h2-5,16H,6-9H2,1H3,(H2,29,35)(H,30,36)(H,31,32). The Morgan fingerprint density at radius 2 is 1.95 bits per heavy atom. The van der Waals surface area contributed by atoms with E-state index in [1.807, 2.05) is 0 Å². The summed E-state index contributed by atoms with van der Waals surface area (Å²) < 4.78 is 57.9. The number of benzene rings is 2. The number of aromatic nitrogens is 2. The number of alkyl halides is 4. The number of amides is 3. The number of aryl methyl sites for hydroxylation is 1. The van der Waals surface area contributed by atoms with Crippen molar-refractivity contribution >= 4 is 57.8 Å². The summed E-state index contributed by atoms with van der Waals surface area (Å²) >= 11 is 12.8. The summed E-state index contributed by atoms with van der Waals surface area (Å²) in [6, 6.07) is 5.13. The van der Waals surface area contributed by atoms with Crippen molar-refractivity contribution in [2.24, 2.45) is 12.8 Å². The predicted molar refractivity (Wildman–Crippen MR) is 129 cm³/mol. The summed E-state index contributed by atoms with van der Waals surface area (Å²) in [6.07, 6.45) is -2.76. The van der Waals surface area contributed by atoms with Gasteiger partial charge in [0.1, 0.15) is 12.4 Å². The van der Waals surface area contributed by atoms with Crippen molar-refractivity contribution in [1.29, 1.82) is 0 Å². The molecule has 4 N–H and O–H groups in total. The van der Waals surface area contributed by atoms with Crippen molar-refractivity contribution in [3.63, 3.8) is 0 Å². The van der Waals surface area contributed by atoms with Gasteiger partial charge < -0.3 is 30.6 Å². The summed E-state index contributed by atoms with van der Waals surface area (Å²) in [7, 11) is 1.62. The smallest absolute Gasteiger partial charge is 0.318 e. The highest BCUT2D eigenvalue weighted by atomic mass is 35.5. The Kier molecular flexibility index (Phi) is 7.29. The van der Waals surface area contributed by atoms with Crippen molar-refractivity contribution in [2.45, 2.75) is 18.9 Å². The van der Waals surface area contributed by atoms with E-state index < -0.39 is 44.0 Å². The minimum Gasteiger partial charge on any atom is -0.487 e. The third kappa shape index (κ3) is 5.62. The van der Waals surface area contributed by atoms with Crippen molar-refractivity contribution in [3.8, 4) is 5.75 Å². The van der Waals surface area contributed by atoms with Gasteiger partial charge in [0, 0.05) is 19.7 Å². The summed E-state index contributed by atoms with van der Waals surface area (Å²) in [6.45, 7) is -2.29. The molecule has 2 heterocycles. The molecule has 1 aliphatic rings. The molecule has 1 aromatic heterocycles. The summed E-state index contributed by atoms with van der Waals surface area (Å²) in [5.74, 6) is -3.66. The molecule has 9 nitrogen and oxygen atoms in total. The van der Waals surface area contributed by atoms with E-state index in [4.69, 9.17) is 33.7 Å². The van der Waals surface area contributed by atoms with Crippen LogP contribution in [-0.2, 0) is 13.6 Å². The Morgan fingerprint density at radius 3 is 2.57 bits per heavy atom. The number of anilines is 2. The van der Waals surface area contributed by atoms with Crippen LogP contribution >= 0.6 is 23.2 Å². The first kappa shape index (κ1) is 26.6. The number of imidazole rings is 1. The molecule has 0 saturated carbocycles. The van der Waals surface area contributed by atoms with E-state index in [9.17, 15) is 27.2 Å². The van der Waals surface area contributed by atoms with Gasteiger partial charge in [0.15, 0.2) is 0 Å². The topological polar surface area (TPSA) is 115 Å². The minimum absolute atomic E-state index is 0.0546. The van der Waals surface area contributed by atoms with Gasteiger partial charge >= 0.3 is 6.03 Å². The molecule has 3 amide bonds. The first-order valence-corrected chi connectivity index (χ1v) is 11.5. The first-order valence-electron chi connectivity index (χ1n) is 10.7. The second-order valence-corrected chi connectivity index (χ2v) is 9.07. The van der Waals surface area contributed by atoms with Crippen LogP contribution in [0.4, 0.5) is 34.0 Å². The molecule has 0 spiro atoms. The third-order valence-electron chi connectivity index (χ3n) is 5.58. The molecule has 198 valence electrons. The number of nitrogens with two attached hydrogens (primary N) is 1. The quantitative estimate of drug-likeness (QED) is 0.349. The molecule has 0 radical (unpaired) electrons. The zero-order chi connectivity index (χ0) is 27.1. The van der Waals surface area contributed by atoms with Gasteiger partial charge in [-0.1, -0.05) is 29.3 Å². The van der Waals surface area contributed by atoms with Crippen LogP contribution in [0.1, 0.15) is 15.9 Å². The number of primary amides is 1. The van der Waals surface area contributed by atoms with Crippen molar-refractivity contribution in [1.82, 2.24) is 19.8 Å². The maximum Gasteiger partial charge on any atom is 0.318 e. The molecular weight excluding hydrogens is 543 g/mol. The Bertz CT molecular complexity index is 1380.